The van der Waals surface area contributed by atoms with E-state index in [1.807, 2.05) is 36.5 Å². The van der Waals surface area contributed by atoms with Crippen LogP contribution in [0.5, 0.6) is 0 Å². The minimum Gasteiger partial charge on any atom is -0.463 e. The smallest absolute Gasteiger partial charge is 0.333 e. The molecule has 19 heavy (non-hydrogen) atoms. The molecular weight excluding hydrogens is 240 g/mol. The molecule has 0 spiro atoms. The van der Waals surface area contributed by atoms with E-state index in [1.165, 1.54) is 0 Å². The second-order valence-electron chi connectivity index (χ2n) is 4.10. The van der Waals surface area contributed by atoms with Crippen molar-refractivity contribution in [2.75, 3.05) is 6.61 Å². The molecule has 98 valence electrons. The Balaban J connectivity index is 2.18. The van der Waals surface area contributed by atoms with Crippen LogP contribution in [0.15, 0.2) is 48.3 Å². The summed E-state index contributed by atoms with van der Waals surface area (Å²) in [7, 11) is 0. The SMILES string of the molecule is CCOC(=O)/C(C)=C/c1cnn(-c2ccccc2)c1. The summed E-state index contributed by atoms with van der Waals surface area (Å²) in [6.45, 7) is 3.91. The van der Waals surface area contributed by atoms with Crippen molar-refractivity contribution in [1.82, 2.24) is 9.78 Å². The molecule has 1 heterocycles. The van der Waals surface area contributed by atoms with Gasteiger partial charge in [0.2, 0.25) is 0 Å². The van der Waals surface area contributed by atoms with Crippen molar-refractivity contribution in [2.24, 2.45) is 0 Å². The Morgan fingerprint density at radius 2 is 2.11 bits per heavy atom. The molecule has 0 bridgehead atoms. The fraction of sp³-hybridized carbons (Fsp3) is 0.200. The van der Waals surface area contributed by atoms with Gasteiger partial charge >= 0.3 is 5.97 Å². The molecule has 1 aromatic heterocycles. The number of benzene rings is 1. The van der Waals surface area contributed by atoms with Crippen molar-refractivity contribution in [3.8, 4) is 5.69 Å². The highest BCUT2D eigenvalue weighted by atomic mass is 16.5. The molecule has 2 aromatic rings. The van der Waals surface area contributed by atoms with Gasteiger partial charge in [0.25, 0.3) is 0 Å². The molecule has 1 aromatic carbocycles. The molecule has 0 aliphatic heterocycles. The second-order valence-corrected chi connectivity index (χ2v) is 4.10. The average Bonchev–Trinajstić information content (AvgIpc) is 2.88. The van der Waals surface area contributed by atoms with Crippen LogP contribution in [-0.4, -0.2) is 22.4 Å². The number of carbonyl (C=O) groups excluding carboxylic acids is 1. The van der Waals surface area contributed by atoms with E-state index in [-0.39, 0.29) is 5.97 Å². The van der Waals surface area contributed by atoms with Crippen molar-refractivity contribution in [3.63, 3.8) is 0 Å². The minimum atomic E-state index is -0.296. The van der Waals surface area contributed by atoms with Gasteiger partial charge in [-0.25, -0.2) is 9.48 Å². The van der Waals surface area contributed by atoms with Gasteiger partial charge < -0.3 is 4.74 Å². The lowest BCUT2D eigenvalue weighted by atomic mass is 10.2. The third kappa shape index (κ3) is 3.31. The summed E-state index contributed by atoms with van der Waals surface area (Å²) >= 11 is 0. The highest BCUT2D eigenvalue weighted by molar-refractivity contribution is 5.92. The molecule has 4 heteroatoms. The van der Waals surface area contributed by atoms with E-state index in [2.05, 4.69) is 5.10 Å². The highest BCUT2D eigenvalue weighted by Gasteiger charge is 2.05. The summed E-state index contributed by atoms with van der Waals surface area (Å²) in [5, 5.41) is 4.26. The van der Waals surface area contributed by atoms with Gasteiger partial charge in [0, 0.05) is 17.3 Å². The van der Waals surface area contributed by atoms with Crippen LogP contribution in [0, 0.1) is 0 Å². The minimum absolute atomic E-state index is 0.296. The van der Waals surface area contributed by atoms with E-state index < -0.39 is 0 Å². The van der Waals surface area contributed by atoms with Crippen molar-refractivity contribution < 1.29 is 9.53 Å². The molecule has 4 nitrogen and oxygen atoms in total. The first-order valence-electron chi connectivity index (χ1n) is 6.16. The topological polar surface area (TPSA) is 44.1 Å². The lowest BCUT2D eigenvalue weighted by molar-refractivity contribution is -0.138. The van der Waals surface area contributed by atoms with Crippen molar-refractivity contribution in [1.29, 1.82) is 0 Å². The molecule has 0 radical (unpaired) electrons. The molecule has 0 aliphatic rings. The molecule has 0 amide bonds. The summed E-state index contributed by atoms with van der Waals surface area (Å²) in [6.07, 6.45) is 5.36. The van der Waals surface area contributed by atoms with Crippen LogP contribution in [0.3, 0.4) is 0 Å². The largest absolute Gasteiger partial charge is 0.463 e. The van der Waals surface area contributed by atoms with E-state index in [0.29, 0.717) is 12.2 Å². The first kappa shape index (κ1) is 13.1. The number of ether oxygens (including phenoxy) is 1. The average molecular weight is 256 g/mol. The Morgan fingerprint density at radius 1 is 1.37 bits per heavy atom. The summed E-state index contributed by atoms with van der Waals surface area (Å²) in [5.74, 6) is -0.296. The fourth-order valence-electron chi connectivity index (χ4n) is 1.69. The van der Waals surface area contributed by atoms with Crippen LogP contribution in [0.2, 0.25) is 0 Å². The van der Waals surface area contributed by atoms with Crippen LogP contribution >= 0.6 is 0 Å². The normalized spacial score (nSPS) is 11.4. The van der Waals surface area contributed by atoms with E-state index in [1.54, 1.807) is 30.8 Å². The van der Waals surface area contributed by atoms with Crippen LogP contribution in [0.25, 0.3) is 11.8 Å². The number of aromatic nitrogens is 2. The van der Waals surface area contributed by atoms with Crippen LogP contribution in [-0.2, 0) is 9.53 Å². The fourth-order valence-corrected chi connectivity index (χ4v) is 1.69. The first-order chi connectivity index (χ1) is 9.20. The quantitative estimate of drug-likeness (QED) is 0.624. The zero-order valence-electron chi connectivity index (χ0n) is 11.0. The molecular formula is C15H16N2O2. The predicted octanol–water partition coefficient (Wildman–Crippen LogP) is 2.84. The zero-order chi connectivity index (χ0) is 13.7. The predicted molar refractivity (Wildman–Crippen MR) is 73.8 cm³/mol. The Labute approximate surface area is 112 Å². The Kier molecular flexibility index (Phi) is 4.13. The van der Waals surface area contributed by atoms with Gasteiger partial charge in [0.1, 0.15) is 0 Å². The molecule has 0 unspecified atom stereocenters. The van der Waals surface area contributed by atoms with Crippen LogP contribution < -0.4 is 0 Å². The summed E-state index contributed by atoms with van der Waals surface area (Å²) < 4.78 is 6.70. The number of nitrogens with zero attached hydrogens (tertiary/aromatic N) is 2. The third-order valence-electron chi connectivity index (χ3n) is 2.60. The van der Waals surface area contributed by atoms with Gasteiger partial charge in [-0.3, -0.25) is 0 Å². The van der Waals surface area contributed by atoms with Gasteiger partial charge in [0.05, 0.1) is 18.5 Å². The van der Waals surface area contributed by atoms with E-state index >= 15 is 0 Å². The van der Waals surface area contributed by atoms with Gasteiger partial charge in [-0.05, 0) is 32.1 Å². The first-order valence-corrected chi connectivity index (χ1v) is 6.16. The lowest BCUT2D eigenvalue weighted by Crippen LogP contribution is -2.04. The van der Waals surface area contributed by atoms with E-state index in [0.717, 1.165) is 11.3 Å². The van der Waals surface area contributed by atoms with Gasteiger partial charge in [-0.1, -0.05) is 18.2 Å². The number of hydrogen-bond acceptors (Lipinski definition) is 3. The summed E-state index contributed by atoms with van der Waals surface area (Å²) in [4.78, 5) is 11.5. The molecule has 0 saturated carbocycles. The van der Waals surface area contributed by atoms with Crippen molar-refractivity contribution in [2.45, 2.75) is 13.8 Å². The van der Waals surface area contributed by atoms with Gasteiger partial charge in [-0.15, -0.1) is 0 Å². The maximum Gasteiger partial charge on any atom is 0.333 e. The number of carbonyl (C=O) groups is 1. The van der Waals surface area contributed by atoms with Crippen molar-refractivity contribution in [3.05, 3.63) is 53.9 Å². The Hall–Kier alpha value is -2.36. The van der Waals surface area contributed by atoms with E-state index in [9.17, 15) is 4.79 Å². The molecule has 0 aliphatic carbocycles. The maximum atomic E-state index is 11.5. The Bertz CT molecular complexity index is 585. The number of esters is 1. The number of hydrogen-bond donors (Lipinski definition) is 0. The molecule has 0 saturated heterocycles. The van der Waals surface area contributed by atoms with Crippen LogP contribution in [0.1, 0.15) is 19.4 Å². The monoisotopic (exact) mass is 256 g/mol. The van der Waals surface area contributed by atoms with E-state index in [4.69, 9.17) is 4.74 Å². The Morgan fingerprint density at radius 3 is 2.79 bits per heavy atom. The highest BCUT2D eigenvalue weighted by Crippen LogP contribution is 2.11. The molecule has 0 N–H and O–H groups in total. The van der Waals surface area contributed by atoms with Crippen molar-refractivity contribution >= 4 is 12.0 Å². The molecule has 0 atom stereocenters. The molecule has 2 rings (SSSR count). The van der Waals surface area contributed by atoms with Gasteiger partial charge in [-0.2, -0.15) is 5.10 Å². The lowest BCUT2D eigenvalue weighted by Gasteiger charge is -2.00. The van der Waals surface area contributed by atoms with Gasteiger partial charge in [0.15, 0.2) is 0 Å². The zero-order valence-corrected chi connectivity index (χ0v) is 11.0. The van der Waals surface area contributed by atoms with Crippen LogP contribution in [0.4, 0.5) is 0 Å². The number of rotatable bonds is 4. The number of para-hydroxylation sites is 1. The summed E-state index contributed by atoms with van der Waals surface area (Å²) in [5.41, 5.74) is 2.42. The second kappa shape index (κ2) is 6.00. The third-order valence-corrected chi connectivity index (χ3v) is 2.60. The standard InChI is InChI=1S/C15H16N2O2/c1-3-19-15(18)12(2)9-13-10-16-17(11-13)14-7-5-4-6-8-14/h4-11H,3H2,1-2H3/b12-9+. The maximum absolute atomic E-state index is 11.5. The molecule has 0 fully saturated rings. The summed E-state index contributed by atoms with van der Waals surface area (Å²) in [6, 6.07) is 9.81.